The second-order valence-corrected chi connectivity index (χ2v) is 3.06. The SMILES string of the molecule is C=CCN(CC=C)CC(O)CN=C=S. The van der Waals surface area contributed by atoms with Crippen LogP contribution >= 0.6 is 12.2 Å². The molecule has 0 saturated carbocycles. The maximum absolute atomic E-state index is 9.51. The zero-order chi connectivity index (χ0) is 10.8. The first kappa shape index (κ1) is 13.2. The highest BCUT2D eigenvalue weighted by atomic mass is 32.1. The number of nitrogens with zero attached hydrogens (tertiary/aromatic N) is 2. The summed E-state index contributed by atoms with van der Waals surface area (Å²) < 4.78 is 0. The molecule has 0 aromatic carbocycles. The first-order chi connectivity index (χ1) is 6.74. The predicted octanol–water partition coefficient (Wildman–Crippen LogP) is 1.12. The van der Waals surface area contributed by atoms with E-state index in [9.17, 15) is 5.11 Å². The van der Waals surface area contributed by atoms with Crippen molar-refractivity contribution >= 4 is 17.4 Å². The maximum Gasteiger partial charge on any atom is 0.0870 e. The standard InChI is InChI=1S/C10H16N2OS/c1-3-5-12(6-4-2)8-10(13)7-11-9-14/h3-4,10,13H,1-2,5-8H2. The lowest BCUT2D eigenvalue weighted by atomic mass is 10.3. The number of aliphatic imine (C=N–C) groups is 1. The third-order valence-electron chi connectivity index (χ3n) is 1.61. The Hall–Kier alpha value is -0.800. The van der Waals surface area contributed by atoms with Gasteiger partial charge in [-0.3, -0.25) is 4.90 Å². The molecule has 0 aliphatic carbocycles. The molecule has 0 fully saturated rings. The molecule has 4 heteroatoms. The van der Waals surface area contributed by atoms with Gasteiger partial charge in [0, 0.05) is 19.6 Å². The van der Waals surface area contributed by atoms with Crippen LogP contribution in [-0.4, -0.2) is 47.5 Å². The van der Waals surface area contributed by atoms with Crippen LogP contribution in [0.5, 0.6) is 0 Å². The van der Waals surface area contributed by atoms with Gasteiger partial charge in [0.1, 0.15) is 0 Å². The van der Waals surface area contributed by atoms with Gasteiger partial charge in [0.2, 0.25) is 0 Å². The first-order valence-electron chi connectivity index (χ1n) is 4.40. The molecule has 78 valence electrons. The summed E-state index contributed by atoms with van der Waals surface area (Å²) in [5.74, 6) is 0. The van der Waals surface area contributed by atoms with Crippen LogP contribution in [0.2, 0.25) is 0 Å². The van der Waals surface area contributed by atoms with Crippen molar-refractivity contribution in [2.75, 3.05) is 26.2 Å². The highest BCUT2D eigenvalue weighted by Gasteiger charge is 2.08. The van der Waals surface area contributed by atoms with Gasteiger partial charge >= 0.3 is 0 Å². The van der Waals surface area contributed by atoms with E-state index in [0.717, 1.165) is 13.1 Å². The summed E-state index contributed by atoms with van der Waals surface area (Å²) in [7, 11) is 0. The summed E-state index contributed by atoms with van der Waals surface area (Å²) in [6, 6.07) is 0. The minimum atomic E-state index is -0.509. The fraction of sp³-hybridized carbons (Fsp3) is 0.500. The van der Waals surface area contributed by atoms with E-state index in [1.165, 1.54) is 0 Å². The second kappa shape index (κ2) is 8.78. The van der Waals surface area contributed by atoms with Gasteiger partial charge in [-0.15, -0.1) is 13.2 Å². The monoisotopic (exact) mass is 212 g/mol. The van der Waals surface area contributed by atoms with E-state index in [2.05, 4.69) is 35.5 Å². The number of aliphatic hydroxyl groups excluding tert-OH is 1. The molecule has 0 aromatic heterocycles. The van der Waals surface area contributed by atoms with E-state index in [0.29, 0.717) is 13.1 Å². The molecule has 0 saturated heterocycles. The Bertz CT molecular complexity index is 214. The zero-order valence-corrected chi connectivity index (χ0v) is 9.04. The normalized spacial score (nSPS) is 11.9. The van der Waals surface area contributed by atoms with Crippen LogP contribution in [0.4, 0.5) is 0 Å². The summed E-state index contributed by atoms with van der Waals surface area (Å²) in [5, 5.41) is 11.7. The fourth-order valence-electron chi connectivity index (χ4n) is 1.09. The van der Waals surface area contributed by atoms with E-state index < -0.39 is 6.10 Å². The molecule has 1 N–H and O–H groups in total. The van der Waals surface area contributed by atoms with Crippen molar-refractivity contribution in [3.8, 4) is 0 Å². The largest absolute Gasteiger partial charge is 0.390 e. The van der Waals surface area contributed by atoms with Crippen LogP contribution in [0, 0.1) is 0 Å². The molecule has 3 nitrogen and oxygen atoms in total. The molecule has 1 unspecified atom stereocenters. The van der Waals surface area contributed by atoms with Gasteiger partial charge in [-0.1, -0.05) is 12.2 Å². The van der Waals surface area contributed by atoms with Crippen LogP contribution in [0.3, 0.4) is 0 Å². The van der Waals surface area contributed by atoms with E-state index in [-0.39, 0.29) is 0 Å². The van der Waals surface area contributed by atoms with Crippen molar-refractivity contribution in [1.29, 1.82) is 0 Å². The van der Waals surface area contributed by atoms with Gasteiger partial charge in [0.25, 0.3) is 0 Å². The molecular formula is C10H16N2OS. The molecule has 0 radical (unpaired) electrons. The predicted molar refractivity (Wildman–Crippen MR) is 62.7 cm³/mol. The Balaban J connectivity index is 3.92. The van der Waals surface area contributed by atoms with Crippen LogP contribution < -0.4 is 0 Å². The zero-order valence-electron chi connectivity index (χ0n) is 8.22. The lowest BCUT2D eigenvalue weighted by Crippen LogP contribution is -2.34. The topological polar surface area (TPSA) is 35.8 Å². The Morgan fingerprint density at radius 1 is 1.43 bits per heavy atom. The lowest BCUT2D eigenvalue weighted by molar-refractivity contribution is 0.132. The smallest absolute Gasteiger partial charge is 0.0870 e. The average molecular weight is 212 g/mol. The van der Waals surface area contributed by atoms with Crippen molar-refractivity contribution in [3.63, 3.8) is 0 Å². The van der Waals surface area contributed by atoms with Crippen LogP contribution in [0.1, 0.15) is 0 Å². The molecule has 0 heterocycles. The minimum Gasteiger partial charge on any atom is -0.390 e. The van der Waals surface area contributed by atoms with E-state index >= 15 is 0 Å². The fourth-order valence-corrected chi connectivity index (χ4v) is 1.16. The van der Waals surface area contributed by atoms with Crippen molar-refractivity contribution in [1.82, 2.24) is 4.90 Å². The van der Waals surface area contributed by atoms with Gasteiger partial charge in [0.05, 0.1) is 17.8 Å². The van der Waals surface area contributed by atoms with Crippen molar-refractivity contribution < 1.29 is 5.11 Å². The van der Waals surface area contributed by atoms with Gasteiger partial charge in [-0.25, -0.2) is 4.99 Å². The van der Waals surface area contributed by atoms with Gasteiger partial charge in [0.15, 0.2) is 0 Å². The second-order valence-electron chi connectivity index (χ2n) is 2.88. The highest BCUT2D eigenvalue weighted by molar-refractivity contribution is 7.78. The quantitative estimate of drug-likeness (QED) is 0.372. The third-order valence-corrected chi connectivity index (χ3v) is 1.74. The van der Waals surface area contributed by atoms with E-state index in [1.807, 2.05) is 4.90 Å². The first-order valence-corrected chi connectivity index (χ1v) is 4.81. The summed E-state index contributed by atoms with van der Waals surface area (Å²) >= 11 is 4.41. The molecule has 0 aromatic rings. The molecule has 0 amide bonds. The van der Waals surface area contributed by atoms with E-state index in [1.54, 1.807) is 12.2 Å². The molecule has 0 aliphatic heterocycles. The van der Waals surface area contributed by atoms with E-state index in [4.69, 9.17) is 0 Å². The Morgan fingerprint density at radius 3 is 2.43 bits per heavy atom. The molecule has 0 spiro atoms. The number of aliphatic hydroxyl groups is 1. The third kappa shape index (κ3) is 6.69. The van der Waals surface area contributed by atoms with Crippen LogP contribution in [-0.2, 0) is 0 Å². The Labute approximate surface area is 90.5 Å². The van der Waals surface area contributed by atoms with Crippen LogP contribution in [0.25, 0.3) is 0 Å². The Kier molecular flexibility index (Phi) is 8.28. The van der Waals surface area contributed by atoms with Crippen LogP contribution in [0.15, 0.2) is 30.3 Å². The van der Waals surface area contributed by atoms with Crippen molar-refractivity contribution in [2.24, 2.45) is 4.99 Å². The highest BCUT2D eigenvalue weighted by Crippen LogP contribution is 1.94. The summed E-state index contributed by atoms with van der Waals surface area (Å²) in [4.78, 5) is 5.70. The summed E-state index contributed by atoms with van der Waals surface area (Å²) in [6.07, 6.45) is 3.07. The maximum atomic E-state index is 9.51. The van der Waals surface area contributed by atoms with Gasteiger partial charge in [-0.05, 0) is 12.2 Å². The molecular weight excluding hydrogens is 196 g/mol. The summed E-state index contributed by atoms with van der Waals surface area (Å²) in [6.45, 7) is 9.58. The number of rotatable bonds is 8. The lowest BCUT2D eigenvalue weighted by Gasteiger charge is -2.20. The molecule has 0 bridgehead atoms. The number of thiocarbonyl (C=S) groups is 1. The molecule has 14 heavy (non-hydrogen) atoms. The number of hydrogen-bond acceptors (Lipinski definition) is 4. The van der Waals surface area contributed by atoms with Crippen molar-refractivity contribution in [2.45, 2.75) is 6.10 Å². The van der Waals surface area contributed by atoms with Gasteiger partial charge in [-0.2, -0.15) is 0 Å². The number of isothiocyanates is 1. The molecule has 0 rings (SSSR count). The molecule has 1 atom stereocenters. The Morgan fingerprint density at radius 2 is 2.00 bits per heavy atom. The number of hydrogen-bond donors (Lipinski definition) is 1. The summed E-state index contributed by atoms with van der Waals surface area (Å²) in [5.41, 5.74) is 0. The minimum absolute atomic E-state index is 0.300. The van der Waals surface area contributed by atoms with Crippen molar-refractivity contribution in [3.05, 3.63) is 25.3 Å². The molecule has 0 aliphatic rings. The van der Waals surface area contributed by atoms with Gasteiger partial charge < -0.3 is 5.11 Å². The average Bonchev–Trinajstić information content (AvgIpc) is 2.15.